The average Bonchev–Trinajstić information content (AvgIpc) is 1.25. The molecule has 0 saturated carbocycles. The van der Waals surface area contributed by atoms with Crippen LogP contribution in [0.4, 0.5) is 0 Å². The maximum Gasteiger partial charge on any atom is 0.692 e. The molecule has 9 heavy (non-hydrogen) atoms. The lowest BCUT2D eigenvalue weighted by Gasteiger charge is -1.69. The second-order valence-corrected chi connectivity index (χ2v) is 2.99. The first kappa shape index (κ1) is 16.4. The van der Waals surface area contributed by atoms with Crippen molar-refractivity contribution in [2.75, 3.05) is 0 Å². The lowest BCUT2D eigenvalue weighted by Crippen LogP contribution is -1.55. The van der Waals surface area contributed by atoms with Gasteiger partial charge in [0.25, 0.3) is 0 Å². The molecule has 0 aromatic heterocycles. The molecule has 0 heterocycles. The Kier molecular flexibility index (Phi) is 21.2. The zero-order valence-electron chi connectivity index (χ0n) is 3.96. The van der Waals surface area contributed by atoms with Crippen molar-refractivity contribution in [1.29, 1.82) is 0 Å². The molecule has 0 aliphatic carbocycles. The highest BCUT2D eigenvalue weighted by atomic mass is 35.6. The summed E-state index contributed by atoms with van der Waals surface area (Å²) >= 11 is 14.4. The van der Waals surface area contributed by atoms with Gasteiger partial charge < -0.3 is 5.48 Å². The van der Waals surface area contributed by atoms with E-state index in [0.29, 0.717) is 0 Å². The van der Waals surface area contributed by atoms with E-state index in [0.717, 1.165) is 0 Å². The molecule has 0 radical (unpaired) electrons. The minimum absolute atomic E-state index is 0. The smallest absolute Gasteiger partial charge is 0.412 e. The Bertz CT molecular complexity index is 60.1. The first-order valence-electron chi connectivity index (χ1n) is 1.24. The number of alkyl halides is 3. The van der Waals surface area contributed by atoms with Crippen molar-refractivity contribution in [2.24, 2.45) is 0 Å². The van der Waals surface area contributed by atoms with Crippen LogP contribution in [0.15, 0.2) is 0 Å². The molecule has 0 amide bonds. The van der Waals surface area contributed by atoms with Crippen molar-refractivity contribution in [2.45, 2.75) is 4.30 Å². The van der Waals surface area contributed by atoms with E-state index in [1.165, 1.54) is 0 Å². The molecule has 0 saturated heterocycles. The van der Waals surface area contributed by atoms with E-state index >= 15 is 0 Å². The third-order valence-electron chi connectivity index (χ3n) is 0. The van der Waals surface area contributed by atoms with Gasteiger partial charge in [0.2, 0.25) is 0 Å². The van der Waals surface area contributed by atoms with Crippen molar-refractivity contribution >= 4 is 43.1 Å². The van der Waals surface area contributed by atoms with E-state index in [4.69, 9.17) is 49.2 Å². The zero-order valence-corrected chi connectivity index (χ0v) is 7.12. The lowest BCUT2D eigenvalue weighted by molar-refractivity contribution is 0.405. The zero-order chi connectivity index (χ0) is 7.15. The van der Waals surface area contributed by atoms with Crippen LogP contribution in [0, 0.1) is 0 Å². The van der Waals surface area contributed by atoms with E-state index < -0.39 is 12.6 Å². The molecule has 0 aliphatic rings. The Morgan fingerprint density at radius 3 is 1.22 bits per heavy atom. The Morgan fingerprint density at radius 2 is 1.22 bits per heavy atom. The van der Waals surface area contributed by atoms with Crippen LogP contribution in [0.5, 0.6) is 0 Å². The summed E-state index contributed by atoms with van der Waals surface area (Å²) in [6.45, 7) is 0. The lowest BCUT2D eigenvalue weighted by atomic mass is 11.9. The SMILES string of the molecule is ClC(Cl)Cl.O.O=[P+](O)O. The minimum atomic E-state index is -2.87. The van der Waals surface area contributed by atoms with E-state index in [1.54, 1.807) is 0 Å². The first-order valence-corrected chi connectivity index (χ1v) is 3.71. The van der Waals surface area contributed by atoms with Crippen molar-refractivity contribution in [3.05, 3.63) is 0 Å². The van der Waals surface area contributed by atoms with Crippen LogP contribution in [-0.2, 0) is 4.57 Å². The summed E-state index contributed by atoms with van der Waals surface area (Å²) in [5.74, 6) is 0. The van der Waals surface area contributed by atoms with Gasteiger partial charge >= 0.3 is 8.25 Å². The molecule has 0 bridgehead atoms. The molecule has 0 aromatic carbocycles. The van der Waals surface area contributed by atoms with Crippen molar-refractivity contribution < 1.29 is 19.8 Å². The Hall–Kier alpha value is 0.850. The Morgan fingerprint density at radius 1 is 1.22 bits per heavy atom. The fourth-order valence-corrected chi connectivity index (χ4v) is 0. The molecule has 4 nitrogen and oxygen atoms in total. The van der Waals surface area contributed by atoms with Gasteiger partial charge in [-0.15, -0.1) is 9.79 Å². The van der Waals surface area contributed by atoms with Crippen LogP contribution >= 0.6 is 43.1 Å². The van der Waals surface area contributed by atoms with Gasteiger partial charge in [-0.05, 0) is 0 Å². The number of hydrogen-bond acceptors (Lipinski definition) is 1. The molecule has 0 fully saturated rings. The van der Waals surface area contributed by atoms with E-state index in [-0.39, 0.29) is 5.48 Å². The molecule has 0 aliphatic heterocycles. The van der Waals surface area contributed by atoms with Crippen LogP contribution in [0.3, 0.4) is 0 Å². The van der Waals surface area contributed by atoms with Crippen molar-refractivity contribution in [1.82, 2.24) is 0 Å². The van der Waals surface area contributed by atoms with Crippen LogP contribution in [-0.4, -0.2) is 19.6 Å². The van der Waals surface area contributed by atoms with Crippen LogP contribution < -0.4 is 0 Å². The molecule has 0 atom stereocenters. The number of halogens is 3. The predicted octanol–water partition coefficient (Wildman–Crippen LogP) is 0.790. The highest BCUT2D eigenvalue weighted by Crippen LogP contribution is 2.03. The van der Waals surface area contributed by atoms with E-state index in [2.05, 4.69) is 0 Å². The normalized spacial score (nSPS) is 6.89. The summed E-state index contributed by atoms with van der Waals surface area (Å²) in [4.78, 5) is 14.2. The second-order valence-electron chi connectivity index (χ2n) is 0.500. The molecular weight excluding hydrogens is 213 g/mol. The van der Waals surface area contributed by atoms with Gasteiger partial charge in [0.1, 0.15) is 0 Å². The van der Waals surface area contributed by atoms with Gasteiger partial charge in [-0.3, -0.25) is 0 Å². The Labute approximate surface area is 67.6 Å². The van der Waals surface area contributed by atoms with Crippen LogP contribution in [0.25, 0.3) is 0 Å². The molecule has 0 rings (SSSR count). The summed E-state index contributed by atoms with van der Waals surface area (Å²) in [7, 11) is -2.87. The van der Waals surface area contributed by atoms with E-state index in [9.17, 15) is 0 Å². The number of rotatable bonds is 0. The predicted molar refractivity (Wildman–Crippen MR) is 37.0 cm³/mol. The summed E-state index contributed by atoms with van der Waals surface area (Å²) in [5.41, 5.74) is 0. The third-order valence-corrected chi connectivity index (χ3v) is 0. The fourth-order valence-electron chi connectivity index (χ4n) is 0. The topological polar surface area (TPSA) is 89.0 Å². The van der Waals surface area contributed by atoms with E-state index in [1.807, 2.05) is 0 Å². The minimum Gasteiger partial charge on any atom is -0.412 e. The highest BCUT2D eigenvalue weighted by molar-refractivity contribution is 7.30. The van der Waals surface area contributed by atoms with Crippen molar-refractivity contribution in [3.63, 3.8) is 0 Å². The largest absolute Gasteiger partial charge is 0.692 e. The van der Waals surface area contributed by atoms with Gasteiger partial charge in [-0.25, -0.2) is 0 Å². The maximum atomic E-state index is 8.70. The van der Waals surface area contributed by atoms with Gasteiger partial charge in [0.15, 0.2) is 4.30 Å². The molecule has 4 N–H and O–H groups in total. The van der Waals surface area contributed by atoms with Gasteiger partial charge in [-0.2, -0.15) is 0 Å². The maximum absolute atomic E-state index is 8.70. The van der Waals surface area contributed by atoms with Gasteiger partial charge in [-0.1, -0.05) is 34.8 Å². The fraction of sp³-hybridized carbons (Fsp3) is 1.00. The monoisotopic (exact) mass is 217 g/mol. The number of hydrogen-bond donors (Lipinski definition) is 2. The first-order chi connectivity index (χ1) is 3.46. The molecule has 0 unspecified atom stereocenters. The standard InChI is InChI=1S/CHCl3.HO3P.H2O/c2-1(3)4;1-4(2)3;/h1H;(H-,1,2,3);1H2/p+1. The summed E-state index contributed by atoms with van der Waals surface area (Å²) in [6, 6.07) is 0. The average molecular weight is 218 g/mol. The third kappa shape index (κ3) is 575. The highest BCUT2D eigenvalue weighted by Gasteiger charge is 1.93. The molecule has 58 valence electrons. The van der Waals surface area contributed by atoms with Crippen LogP contribution in [0.2, 0.25) is 0 Å². The summed E-state index contributed by atoms with van der Waals surface area (Å²) in [6.07, 6.45) is 0. The molecule has 0 spiro atoms. The second kappa shape index (κ2) is 11.6. The summed E-state index contributed by atoms with van der Waals surface area (Å²) in [5, 5.41) is 0. The quantitative estimate of drug-likeness (QED) is 0.465. The molecular formula is CH5Cl3O4P+. The summed E-state index contributed by atoms with van der Waals surface area (Å²) < 4.78 is 7.95. The van der Waals surface area contributed by atoms with Crippen molar-refractivity contribution in [3.8, 4) is 0 Å². The molecule has 0 aromatic rings. The van der Waals surface area contributed by atoms with Gasteiger partial charge in [0.05, 0.1) is 0 Å². The van der Waals surface area contributed by atoms with Crippen LogP contribution in [0.1, 0.15) is 0 Å². The van der Waals surface area contributed by atoms with Gasteiger partial charge in [0, 0.05) is 4.57 Å². The Balaban J connectivity index is -0.0000000720. The molecule has 8 heteroatoms.